The van der Waals surface area contributed by atoms with Gasteiger partial charge in [0.15, 0.2) is 0 Å². The highest BCUT2D eigenvalue weighted by molar-refractivity contribution is 7.15. The van der Waals surface area contributed by atoms with Gasteiger partial charge in [-0.2, -0.15) is 0 Å². The highest BCUT2D eigenvalue weighted by atomic mass is 35.5. The summed E-state index contributed by atoms with van der Waals surface area (Å²) in [5, 5.41) is 12.0. The lowest BCUT2D eigenvalue weighted by atomic mass is 10.0. The van der Waals surface area contributed by atoms with Crippen molar-refractivity contribution in [3.63, 3.8) is 0 Å². The van der Waals surface area contributed by atoms with Crippen molar-refractivity contribution in [1.29, 1.82) is 0 Å². The minimum atomic E-state index is -0.366. The number of hydrogen-bond donors (Lipinski definition) is 1. The standard InChI is InChI=1S/C13H11Cl2NOS/c14-8-4-7(5-9(15)6-8)13-16-10-2-1-3-11(17)12(10)18-13/h4-6,11,17H,1-3H2. The molecule has 2 nitrogen and oxygen atoms in total. The van der Waals surface area contributed by atoms with Gasteiger partial charge in [0.1, 0.15) is 5.01 Å². The van der Waals surface area contributed by atoms with E-state index >= 15 is 0 Å². The van der Waals surface area contributed by atoms with Gasteiger partial charge in [-0.3, -0.25) is 0 Å². The number of fused-ring (bicyclic) bond motifs is 1. The molecule has 0 aliphatic heterocycles. The first kappa shape index (κ1) is 12.4. The highest BCUT2D eigenvalue weighted by Gasteiger charge is 2.23. The molecule has 0 spiro atoms. The van der Waals surface area contributed by atoms with Crippen LogP contribution in [-0.2, 0) is 6.42 Å². The number of halogens is 2. The van der Waals surface area contributed by atoms with Gasteiger partial charge in [0.25, 0.3) is 0 Å². The maximum atomic E-state index is 9.95. The Labute approximate surface area is 119 Å². The predicted molar refractivity (Wildman–Crippen MR) is 75.5 cm³/mol. The van der Waals surface area contributed by atoms with Crippen molar-refractivity contribution in [3.05, 3.63) is 38.8 Å². The van der Waals surface area contributed by atoms with E-state index in [0.717, 1.165) is 40.4 Å². The minimum absolute atomic E-state index is 0.366. The van der Waals surface area contributed by atoms with Crippen molar-refractivity contribution < 1.29 is 5.11 Å². The highest BCUT2D eigenvalue weighted by Crippen LogP contribution is 2.38. The first-order valence-corrected chi connectivity index (χ1v) is 7.35. The second-order valence-electron chi connectivity index (χ2n) is 4.40. The molecule has 0 fully saturated rings. The monoisotopic (exact) mass is 299 g/mol. The lowest BCUT2D eigenvalue weighted by Crippen LogP contribution is -2.06. The van der Waals surface area contributed by atoms with Crippen LogP contribution >= 0.6 is 34.5 Å². The van der Waals surface area contributed by atoms with Crippen LogP contribution in [0, 0.1) is 0 Å². The van der Waals surface area contributed by atoms with Gasteiger partial charge in [0.2, 0.25) is 0 Å². The molecule has 1 aliphatic rings. The Balaban J connectivity index is 2.07. The van der Waals surface area contributed by atoms with Crippen LogP contribution in [0.1, 0.15) is 29.5 Å². The van der Waals surface area contributed by atoms with Gasteiger partial charge >= 0.3 is 0 Å². The molecule has 94 valence electrons. The molecule has 1 heterocycles. The van der Waals surface area contributed by atoms with Gasteiger partial charge in [0, 0.05) is 15.6 Å². The molecule has 1 aromatic heterocycles. The Kier molecular flexibility index (Phi) is 3.32. The predicted octanol–water partition coefficient (Wildman–Crippen LogP) is 4.49. The fourth-order valence-corrected chi connectivity index (χ4v) is 3.84. The smallest absolute Gasteiger partial charge is 0.124 e. The van der Waals surface area contributed by atoms with Crippen LogP contribution in [0.2, 0.25) is 10.0 Å². The maximum Gasteiger partial charge on any atom is 0.124 e. The molecule has 0 bridgehead atoms. The Hall–Kier alpha value is -0.610. The molecule has 1 atom stereocenters. The van der Waals surface area contributed by atoms with Crippen molar-refractivity contribution in [2.45, 2.75) is 25.4 Å². The zero-order valence-electron chi connectivity index (χ0n) is 9.49. The molecule has 0 saturated heterocycles. The summed E-state index contributed by atoms with van der Waals surface area (Å²) in [5.41, 5.74) is 1.93. The molecule has 0 amide bonds. The molecule has 0 saturated carbocycles. The number of thiazole rings is 1. The summed E-state index contributed by atoms with van der Waals surface area (Å²) in [5.74, 6) is 0. The molecular weight excluding hydrogens is 289 g/mol. The van der Waals surface area contributed by atoms with E-state index in [1.807, 2.05) is 12.1 Å². The largest absolute Gasteiger partial charge is 0.388 e. The van der Waals surface area contributed by atoms with E-state index < -0.39 is 0 Å². The van der Waals surface area contributed by atoms with E-state index in [2.05, 4.69) is 4.98 Å². The van der Waals surface area contributed by atoms with Crippen molar-refractivity contribution >= 4 is 34.5 Å². The van der Waals surface area contributed by atoms with Crippen molar-refractivity contribution in [3.8, 4) is 10.6 Å². The zero-order valence-corrected chi connectivity index (χ0v) is 11.8. The van der Waals surface area contributed by atoms with E-state index in [4.69, 9.17) is 23.2 Å². The number of nitrogens with zero attached hydrogens (tertiary/aromatic N) is 1. The summed E-state index contributed by atoms with van der Waals surface area (Å²) < 4.78 is 0. The maximum absolute atomic E-state index is 9.95. The summed E-state index contributed by atoms with van der Waals surface area (Å²) in [7, 11) is 0. The molecule has 2 aromatic rings. The molecular formula is C13H11Cl2NOS. The third kappa shape index (κ3) is 2.28. The van der Waals surface area contributed by atoms with Gasteiger partial charge in [-0.1, -0.05) is 23.2 Å². The van der Waals surface area contributed by atoms with Crippen molar-refractivity contribution in [2.24, 2.45) is 0 Å². The van der Waals surface area contributed by atoms with E-state index in [1.54, 1.807) is 6.07 Å². The molecule has 1 aromatic carbocycles. The number of aliphatic hydroxyl groups excluding tert-OH is 1. The number of hydrogen-bond acceptors (Lipinski definition) is 3. The summed E-state index contributed by atoms with van der Waals surface area (Å²) in [6.07, 6.45) is 2.39. The quantitative estimate of drug-likeness (QED) is 0.842. The van der Waals surface area contributed by atoms with Crippen LogP contribution in [0.15, 0.2) is 18.2 Å². The lowest BCUT2D eigenvalue weighted by Gasteiger charge is -2.14. The van der Waals surface area contributed by atoms with E-state index in [-0.39, 0.29) is 6.10 Å². The molecule has 1 unspecified atom stereocenters. The van der Waals surface area contributed by atoms with Gasteiger partial charge < -0.3 is 5.11 Å². The van der Waals surface area contributed by atoms with E-state index in [9.17, 15) is 5.11 Å². The first-order valence-electron chi connectivity index (χ1n) is 5.77. The molecule has 0 radical (unpaired) electrons. The van der Waals surface area contributed by atoms with Gasteiger partial charge in [-0.15, -0.1) is 11.3 Å². The topological polar surface area (TPSA) is 33.1 Å². The fourth-order valence-electron chi connectivity index (χ4n) is 2.20. The number of rotatable bonds is 1. The second kappa shape index (κ2) is 4.82. The number of aryl methyl sites for hydroxylation is 1. The van der Waals surface area contributed by atoms with Gasteiger partial charge in [0.05, 0.1) is 16.7 Å². The Morgan fingerprint density at radius 1 is 1.22 bits per heavy atom. The molecule has 5 heteroatoms. The van der Waals surface area contributed by atoms with E-state index in [0.29, 0.717) is 10.0 Å². The van der Waals surface area contributed by atoms with Crippen LogP contribution in [0.25, 0.3) is 10.6 Å². The second-order valence-corrected chi connectivity index (χ2v) is 6.30. The fraction of sp³-hybridized carbons (Fsp3) is 0.308. The third-order valence-electron chi connectivity index (χ3n) is 3.03. The zero-order chi connectivity index (χ0) is 12.7. The number of aliphatic hydroxyl groups is 1. The van der Waals surface area contributed by atoms with Crippen LogP contribution in [0.4, 0.5) is 0 Å². The molecule has 1 N–H and O–H groups in total. The Morgan fingerprint density at radius 2 is 1.94 bits per heavy atom. The summed E-state index contributed by atoms with van der Waals surface area (Å²) >= 11 is 13.5. The minimum Gasteiger partial charge on any atom is -0.388 e. The summed E-state index contributed by atoms with van der Waals surface area (Å²) in [6, 6.07) is 5.41. The summed E-state index contributed by atoms with van der Waals surface area (Å²) in [6.45, 7) is 0. The van der Waals surface area contributed by atoms with Crippen LogP contribution in [0.5, 0.6) is 0 Å². The van der Waals surface area contributed by atoms with Crippen LogP contribution < -0.4 is 0 Å². The Bertz CT molecular complexity index is 576. The molecule has 3 rings (SSSR count). The van der Waals surface area contributed by atoms with Gasteiger partial charge in [-0.25, -0.2) is 4.98 Å². The van der Waals surface area contributed by atoms with Crippen LogP contribution in [-0.4, -0.2) is 10.1 Å². The Morgan fingerprint density at radius 3 is 2.61 bits per heavy atom. The molecule has 1 aliphatic carbocycles. The van der Waals surface area contributed by atoms with Crippen LogP contribution in [0.3, 0.4) is 0 Å². The first-order chi connectivity index (χ1) is 8.63. The van der Waals surface area contributed by atoms with Crippen molar-refractivity contribution in [1.82, 2.24) is 4.98 Å². The number of benzene rings is 1. The van der Waals surface area contributed by atoms with Crippen molar-refractivity contribution in [2.75, 3.05) is 0 Å². The number of aromatic nitrogens is 1. The molecule has 18 heavy (non-hydrogen) atoms. The van der Waals surface area contributed by atoms with Gasteiger partial charge in [-0.05, 0) is 37.5 Å². The average molecular weight is 300 g/mol. The lowest BCUT2D eigenvalue weighted by molar-refractivity contribution is 0.160. The SMILES string of the molecule is OC1CCCc2nc(-c3cc(Cl)cc(Cl)c3)sc21. The van der Waals surface area contributed by atoms with E-state index in [1.165, 1.54) is 11.3 Å². The summed E-state index contributed by atoms with van der Waals surface area (Å²) in [4.78, 5) is 5.59. The average Bonchev–Trinajstić information content (AvgIpc) is 2.73. The third-order valence-corrected chi connectivity index (χ3v) is 4.72. The normalized spacial score (nSPS) is 18.7.